The minimum absolute atomic E-state index is 0.0496. The molecule has 0 unspecified atom stereocenters. The largest absolute Gasteiger partial charge is 0.493 e. The van der Waals surface area contributed by atoms with Gasteiger partial charge in [0, 0.05) is 13.1 Å². The van der Waals surface area contributed by atoms with Crippen LogP contribution in [0.15, 0.2) is 53.4 Å². The molecule has 0 aromatic heterocycles. The lowest BCUT2D eigenvalue weighted by molar-refractivity contribution is -0.122. The fraction of sp³-hybridized carbons (Fsp3) is 0.190. The van der Waals surface area contributed by atoms with Crippen LogP contribution in [0.2, 0.25) is 0 Å². The minimum atomic E-state index is -0.437. The Morgan fingerprint density at radius 1 is 1.17 bits per heavy atom. The van der Waals surface area contributed by atoms with E-state index >= 15 is 0 Å². The number of carbonyl (C=O) groups excluding carboxylic acids is 3. The van der Waals surface area contributed by atoms with Crippen molar-refractivity contribution in [2.75, 3.05) is 19.7 Å². The predicted octanol–water partition coefficient (Wildman–Crippen LogP) is 3.69. The van der Waals surface area contributed by atoms with E-state index in [1.165, 1.54) is 24.3 Å². The molecule has 0 radical (unpaired) electrons. The number of nitrogens with zero attached hydrogens (tertiary/aromatic N) is 1. The molecule has 1 aliphatic rings. The molecule has 0 spiro atoms. The first-order valence-electron chi connectivity index (χ1n) is 9.00. The Morgan fingerprint density at radius 3 is 2.62 bits per heavy atom. The third-order valence-electron chi connectivity index (χ3n) is 4.09. The molecule has 29 heavy (non-hydrogen) atoms. The van der Waals surface area contributed by atoms with Crippen LogP contribution in [0.25, 0.3) is 6.08 Å². The van der Waals surface area contributed by atoms with Gasteiger partial charge in [0.05, 0.1) is 17.1 Å². The fourth-order valence-corrected chi connectivity index (χ4v) is 3.58. The van der Waals surface area contributed by atoms with Gasteiger partial charge in [-0.05, 0) is 54.6 Å². The molecule has 1 fully saturated rings. The maximum Gasteiger partial charge on any atom is 0.293 e. The number of ether oxygens (including phenoxy) is 1. The van der Waals surface area contributed by atoms with Gasteiger partial charge in [-0.25, -0.2) is 4.39 Å². The summed E-state index contributed by atoms with van der Waals surface area (Å²) in [6, 6.07) is 12.5. The molecular formula is C21H19FN2O4S. The highest BCUT2D eigenvalue weighted by Gasteiger charge is 2.34. The van der Waals surface area contributed by atoms with E-state index in [4.69, 9.17) is 4.74 Å². The second-order valence-corrected chi connectivity index (χ2v) is 7.06. The summed E-state index contributed by atoms with van der Waals surface area (Å²) in [7, 11) is 0. The summed E-state index contributed by atoms with van der Waals surface area (Å²) in [5, 5.41) is 2.29. The number of carbonyl (C=O) groups is 3. The van der Waals surface area contributed by atoms with Crippen LogP contribution in [0.3, 0.4) is 0 Å². The summed E-state index contributed by atoms with van der Waals surface area (Å²) in [5.41, 5.74) is 1.01. The van der Waals surface area contributed by atoms with Crippen LogP contribution < -0.4 is 10.1 Å². The maximum absolute atomic E-state index is 13.0. The molecule has 0 aliphatic carbocycles. The Labute approximate surface area is 171 Å². The smallest absolute Gasteiger partial charge is 0.293 e. The molecule has 1 aliphatic heterocycles. The molecule has 6 nitrogen and oxygen atoms in total. The van der Waals surface area contributed by atoms with E-state index < -0.39 is 11.1 Å². The van der Waals surface area contributed by atoms with Gasteiger partial charge >= 0.3 is 0 Å². The molecule has 0 bridgehead atoms. The summed E-state index contributed by atoms with van der Waals surface area (Å²) in [6.07, 6.45) is 1.54. The van der Waals surface area contributed by atoms with Crippen LogP contribution >= 0.6 is 11.8 Å². The van der Waals surface area contributed by atoms with Crippen molar-refractivity contribution >= 4 is 34.9 Å². The molecule has 150 valence electrons. The van der Waals surface area contributed by atoms with Gasteiger partial charge in [0.25, 0.3) is 17.1 Å². The molecule has 8 heteroatoms. The molecule has 2 aromatic carbocycles. The average molecular weight is 414 g/mol. The van der Waals surface area contributed by atoms with E-state index in [0.29, 0.717) is 23.5 Å². The van der Waals surface area contributed by atoms with E-state index in [1.807, 2.05) is 6.92 Å². The number of nitrogens with one attached hydrogen (secondary N) is 1. The van der Waals surface area contributed by atoms with Gasteiger partial charge in [-0.1, -0.05) is 24.3 Å². The highest BCUT2D eigenvalue weighted by molar-refractivity contribution is 8.18. The predicted molar refractivity (Wildman–Crippen MR) is 109 cm³/mol. The lowest BCUT2D eigenvalue weighted by Crippen LogP contribution is -2.37. The summed E-state index contributed by atoms with van der Waals surface area (Å²) < 4.78 is 18.4. The molecule has 1 N–H and O–H groups in total. The maximum atomic E-state index is 13.0. The lowest BCUT2D eigenvalue weighted by Gasteiger charge is -2.14. The van der Waals surface area contributed by atoms with E-state index in [1.54, 1.807) is 30.3 Å². The van der Waals surface area contributed by atoms with Crippen molar-refractivity contribution in [1.82, 2.24) is 10.2 Å². The SMILES string of the molecule is CCOc1ccccc1C(=O)NCCN1C(=O)S/C(=C\c2ccc(F)cc2)C1=O. The zero-order valence-electron chi connectivity index (χ0n) is 15.7. The van der Waals surface area contributed by atoms with Gasteiger partial charge in [0.1, 0.15) is 11.6 Å². The van der Waals surface area contributed by atoms with Gasteiger partial charge in [0.2, 0.25) is 0 Å². The van der Waals surface area contributed by atoms with Crippen LogP contribution in [-0.4, -0.2) is 41.6 Å². The van der Waals surface area contributed by atoms with E-state index in [2.05, 4.69) is 5.32 Å². The number of rotatable bonds is 7. The summed E-state index contributed by atoms with van der Waals surface area (Å²) in [5.74, 6) is -0.686. The van der Waals surface area contributed by atoms with E-state index in [-0.39, 0.29) is 29.7 Å². The normalized spacial score (nSPS) is 15.1. The van der Waals surface area contributed by atoms with E-state index in [0.717, 1.165) is 16.7 Å². The van der Waals surface area contributed by atoms with Crippen molar-refractivity contribution in [3.8, 4) is 5.75 Å². The summed E-state index contributed by atoms with van der Waals surface area (Å²) in [4.78, 5) is 38.4. The number of halogens is 1. The number of hydrogen-bond acceptors (Lipinski definition) is 5. The number of hydrogen-bond donors (Lipinski definition) is 1. The van der Waals surface area contributed by atoms with Crippen LogP contribution in [0, 0.1) is 5.82 Å². The topological polar surface area (TPSA) is 75.7 Å². The number of thioether (sulfide) groups is 1. The van der Waals surface area contributed by atoms with Crippen LogP contribution in [0.1, 0.15) is 22.8 Å². The van der Waals surface area contributed by atoms with Gasteiger partial charge in [-0.2, -0.15) is 0 Å². The molecule has 3 rings (SSSR count). The third kappa shape index (κ3) is 5.03. The molecule has 2 aromatic rings. The van der Waals surface area contributed by atoms with Crippen LogP contribution in [0.5, 0.6) is 5.75 Å². The zero-order valence-corrected chi connectivity index (χ0v) is 16.5. The second-order valence-electron chi connectivity index (χ2n) is 6.07. The van der Waals surface area contributed by atoms with Crippen molar-refractivity contribution in [1.29, 1.82) is 0 Å². The number of imide groups is 1. The Balaban J connectivity index is 1.60. The van der Waals surface area contributed by atoms with Crippen molar-refractivity contribution in [3.63, 3.8) is 0 Å². The average Bonchev–Trinajstić information content (AvgIpc) is 2.97. The van der Waals surface area contributed by atoms with Crippen molar-refractivity contribution in [2.45, 2.75) is 6.92 Å². The second kappa shape index (κ2) is 9.38. The fourth-order valence-electron chi connectivity index (χ4n) is 2.72. The van der Waals surface area contributed by atoms with Crippen LogP contribution in [-0.2, 0) is 4.79 Å². The Kier molecular flexibility index (Phi) is 6.66. The number of amides is 3. The van der Waals surface area contributed by atoms with Gasteiger partial charge in [-0.3, -0.25) is 19.3 Å². The highest BCUT2D eigenvalue weighted by Crippen LogP contribution is 2.31. The number of benzene rings is 2. The Hall–Kier alpha value is -3.13. The van der Waals surface area contributed by atoms with Gasteiger partial charge in [-0.15, -0.1) is 0 Å². The van der Waals surface area contributed by atoms with Crippen molar-refractivity contribution in [2.24, 2.45) is 0 Å². The van der Waals surface area contributed by atoms with Gasteiger partial charge in [0.15, 0.2) is 0 Å². The molecule has 3 amide bonds. The molecule has 0 atom stereocenters. The highest BCUT2D eigenvalue weighted by atomic mass is 32.2. The minimum Gasteiger partial charge on any atom is -0.493 e. The van der Waals surface area contributed by atoms with Gasteiger partial charge < -0.3 is 10.1 Å². The quantitative estimate of drug-likeness (QED) is 0.700. The molecule has 1 heterocycles. The first-order chi connectivity index (χ1) is 14.0. The van der Waals surface area contributed by atoms with Crippen molar-refractivity contribution < 1.29 is 23.5 Å². The first-order valence-corrected chi connectivity index (χ1v) is 9.82. The molecule has 1 saturated heterocycles. The van der Waals surface area contributed by atoms with E-state index in [9.17, 15) is 18.8 Å². The first kappa shape index (κ1) is 20.6. The van der Waals surface area contributed by atoms with Crippen LogP contribution in [0.4, 0.5) is 9.18 Å². The monoisotopic (exact) mass is 414 g/mol. The standard InChI is InChI=1S/C21H19FN2O4S/c1-2-28-17-6-4-3-5-16(17)19(25)23-11-12-24-20(26)18(29-21(24)27)13-14-7-9-15(22)10-8-14/h3-10,13H,2,11-12H2,1H3,(H,23,25)/b18-13-. The molecular weight excluding hydrogens is 395 g/mol. The number of para-hydroxylation sites is 1. The third-order valence-corrected chi connectivity index (χ3v) is 5.00. The summed E-state index contributed by atoms with van der Waals surface area (Å²) in [6.45, 7) is 2.42. The van der Waals surface area contributed by atoms with Crippen molar-refractivity contribution in [3.05, 3.63) is 70.4 Å². The Morgan fingerprint density at radius 2 is 1.90 bits per heavy atom. The Bertz CT molecular complexity index is 959. The zero-order chi connectivity index (χ0) is 20.8. The summed E-state index contributed by atoms with van der Waals surface area (Å²) >= 11 is 0.817. The molecule has 0 saturated carbocycles. The lowest BCUT2D eigenvalue weighted by atomic mass is 10.2.